The molecule has 1 aliphatic heterocycles. The van der Waals surface area contributed by atoms with Crippen molar-refractivity contribution in [2.75, 3.05) is 27.4 Å². The molecule has 0 aromatic heterocycles. The minimum atomic E-state index is -0.613. The van der Waals surface area contributed by atoms with Gasteiger partial charge in [-0.25, -0.2) is 0 Å². The highest BCUT2D eigenvalue weighted by Crippen LogP contribution is 2.36. The Morgan fingerprint density at radius 3 is 2.54 bits per heavy atom. The highest BCUT2D eigenvalue weighted by molar-refractivity contribution is 5.40. The third kappa shape index (κ3) is 3.56. The van der Waals surface area contributed by atoms with E-state index in [0.29, 0.717) is 13.1 Å². The van der Waals surface area contributed by atoms with Crippen LogP contribution in [-0.2, 0) is 6.54 Å². The first kappa shape index (κ1) is 18.7. The molecule has 1 saturated heterocycles. The Kier molecular flexibility index (Phi) is 5.81. The Morgan fingerprint density at radius 2 is 1.88 bits per heavy atom. The molecule has 0 radical (unpaired) electrons. The van der Waals surface area contributed by atoms with Gasteiger partial charge in [-0.2, -0.15) is 0 Å². The van der Waals surface area contributed by atoms with Crippen LogP contribution in [0.1, 0.15) is 22.6 Å². The van der Waals surface area contributed by atoms with Gasteiger partial charge in [0.25, 0.3) is 0 Å². The summed E-state index contributed by atoms with van der Waals surface area (Å²) in [6.07, 6.45) is -0.613. The van der Waals surface area contributed by atoms with Gasteiger partial charge in [0.15, 0.2) is 0 Å². The molecule has 2 aromatic rings. The van der Waals surface area contributed by atoms with E-state index in [0.717, 1.165) is 28.2 Å². The second-order valence-corrected chi connectivity index (χ2v) is 6.81. The number of nitrogens with zero attached hydrogens (tertiary/aromatic N) is 1. The third-order valence-electron chi connectivity index (χ3n) is 5.34. The number of methoxy groups -OCH3 is 2. The molecule has 0 aliphatic carbocycles. The van der Waals surface area contributed by atoms with Crippen LogP contribution in [0.4, 0.5) is 0 Å². The lowest BCUT2D eigenvalue weighted by Crippen LogP contribution is -2.38. The maximum Gasteiger partial charge on any atom is 0.123 e. The number of ether oxygens (including phenoxy) is 2. The predicted octanol–water partition coefficient (Wildman–Crippen LogP) is 2.33. The lowest BCUT2D eigenvalue weighted by Gasteiger charge is -2.25. The number of hydrogen-bond acceptors (Lipinski definition) is 5. The van der Waals surface area contributed by atoms with Gasteiger partial charge in [0, 0.05) is 24.6 Å². The van der Waals surface area contributed by atoms with Gasteiger partial charge in [-0.3, -0.25) is 4.90 Å². The van der Waals surface area contributed by atoms with Crippen LogP contribution in [0.2, 0.25) is 0 Å². The van der Waals surface area contributed by atoms with Crippen LogP contribution in [0.25, 0.3) is 0 Å². The topological polar surface area (TPSA) is 62.2 Å². The van der Waals surface area contributed by atoms with Gasteiger partial charge in [-0.1, -0.05) is 24.3 Å². The molecule has 0 unspecified atom stereocenters. The van der Waals surface area contributed by atoms with Crippen LogP contribution in [0.5, 0.6) is 11.5 Å². The lowest BCUT2D eigenvalue weighted by atomic mass is 9.90. The van der Waals surface area contributed by atoms with Crippen molar-refractivity contribution in [2.24, 2.45) is 0 Å². The van der Waals surface area contributed by atoms with E-state index in [2.05, 4.69) is 24.0 Å². The van der Waals surface area contributed by atoms with E-state index in [1.807, 2.05) is 30.3 Å². The fourth-order valence-electron chi connectivity index (χ4n) is 3.89. The number of aryl methyl sites for hydroxylation is 1. The minimum Gasteiger partial charge on any atom is -0.497 e. The molecule has 0 bridgehead atoms. The first-order valence-electron chi connectivity index (χ1n) is 8.88. The predicted molar refractivity (Wildman–Crippen MR) is 101 cm³/mol. The summed E-state index contributed by atoms with van der Waals surface area (Å²) in [7, 11) is 3.28. The molecule has 2 aromatic carbocycles. The standard InChI is InChI=1S/C21H27NO4/c1-14-6-4-5-7-17(14)18-12-22(19(13-23)21(18)24)11-15-10-16(25-2)8-9-20(15)26-3/h4-10,18-19,21,23-24H,11-13H2,1-3H3/t18-,19-,21-/m1/s1. The van der Waals surface area contributed by atoms with E-state index in [1.54, 1.807) is 14.2 Å². The molecule has 0 spiro atoms. The zero-order valence-electron chi connectivity index (χ0n) is 15.6. The maximum atomic E-state index is 10.8. The molecule has 5 nitrogen and oxygen atoms in total. The van der Waals surface area contributed by atoms with Gasteiger partial charge in [0.05, 0.1) is 33.0 Å². The van der Waals surface area contributed by atoms with Crippen molar-refractivity contribution in [3.05, 3.63) is 59.2 Å². The fourth-order valence-corrected chi connectivity index (χ4v) is 3.89. The summed E-state index contributed by atoms with van der Waals surface area (Å²) in [6, 6.07) is 13.5. The van der Waals surface area contributed by atoms with Gasteiger partial charge < -0.3 is 19.7 Å². The minimum absolute atomic E-state index is 0.0232. The molecule has 5 heteroatoms. The highest BCUT2D eigenvalue weighted by atomic mass is 16.5. The van der Waals surface area contributed by atoms with Gasteiger partial charge in [0.2, 0.25) is 0 Å². The number of benzene rings is 2. The van der Waals surface area contributed by atoms with Crippen molar-refractivity contribution in [3.8, 4) is 11.5 Å². The molecule has 3 atom stereocenters. The summed E-state index contributed by atoms with van der Waals surface area (Å²) in [5, 5.41) is 20.7. The van der Waals surface area contributed by atoms with Crippen LogP contribution in [0.15, 0.2) is 42.5 Å². The molecule has 26 heavy (non-hydrogen) atoms. The summed E-state index contributed by atoms with van der Waals surface area (Å²) in [6.45, 7) is 3.22. The molecule has 1 heterocycles. The summed E-state index contributed by atoms with van der Waals surface area (Å²) in [5.74, 6) is 1.51. The Bertz CT molecular complexity index is 749. The van der Waals surface area contributed by atoms with Crippen molar-refractivity contribution in [3.63, 3.8) is 0 Å². The highest BCUT2D eigenvalue weighted by Gasteiger charge is 2.41. The van der Waals surface area contributed by atoms with E-state index >= 15 is 0 Å². The third-order valence-corrected chi connectivity index (χ3v) is 5.34. The Morgan fingerprint density at radius 1 is 1.12 bits per heavy atom. The zero-order valence-corrected chi connectivity index (χ0v) is 15.6. The zero-order chi connectivity index (χ0) is 18.7. The van der Waals surface area contributed by atoms with Gasteiger partial charge in [-0.15, -0.1) is 0 Å². The number of aliphatic hydroxyl groups excluding tert-OH is 2. The summed E-state index contributed by atoms with van der Waals surface area (Å²) in [5.41, 5.74) is 3.27. The number of likely N-dealkylation sites (tertiary alicyclic amines) is 1. The van der Waals surface area contributed by atoms with Crippen LogP contribution < -0.4 is 9.47 Å². The summed E-state index contributed by atoms with van der Waals surface area (Å²) < 4.78 is 10.8. The first-order chi connectivity index (χ1) is 12.6. The van der Waals surface area contributed by atoms with E-state index in [9.17, 15) is 10.2 Å². The molecule has 3 rings (SSSR count). The number of aliphatic hydroxyl groups is 2. The van der Waals surface area contributed by atoms with Crippen LogP contribution >= 0.6 is 0 Å². The second-order valence-electron chi connectivity index (χ2n) is 6.81. The van der Waals surface area contributed by atoms with Crippen molar-refractivity contribution < 1.29 is 19.7 Å². The average Bonchev–Trinajstić information content (AvgIpc) is 2.97. The summed E-state index contributed by atoms with van der Waals surface area (Å²) in [4.78, 5) is 2.12. The van der Waals surface area contributed by atoms with E-state index in [1.165, 1.54) is 0 Å². The molecule has 1 aliphatic rings. The van der Waals surface area contributed by atoms with Gasteiger partial charge in [0.1, 0.15) is 11.5 Å². The Hall–Kier alpha value is -2.08. The van der Waals surface area contributed by atoms with Crippen LogP contribution in [0.3, 0.4) is 0 Å². The largest absolute Gasteiger partial charge is 0.497 e. The second kappa shape index (κ2) is 8.08. The Balaban J connectivity index is 1.87. The SMILES string of the molecule is COc1ccc(OC)c(CN2C[C@H](c3ccccc3C)[C@@H](O)[C@H]2CO)c1. The molecule has 140 valence electrons. The molecule has 1 fully saturated rings. The molecule has 0 saturated carbocycles. The number of hydrogen-bond donors (Lipinski definition) is 2. The smallest absolute Gasteiger partial charge is 0.123 e. The van der Waals surface area contributed by atoms with Gasteiger partial charge >= 0.3 is 0 Å². The quantitative estimate of drug-likeness (QED) is 0.831. The molecule has 0 amide bonds. The monoisotopic (exact) mass is 357 g/mol. The van der Waals surface area contributed by atoms with Crippen molar-refractivity contribution in [1.29, 1.82) is 0 Å². The van der Waals surface area contributed by atoms with E-state index in [4.69, 9.17) is 9.47 Å². The van der Waals surface area contributed by atoms with Crippen molar-refractivity contribution in [1.82, 2.24) is 4.90 Å². The number of rotatable bonds is 6. The van der Waals surface area contributed by atoms with Crippen molar-refractivity contribution in [2.45, 2.75) is 31.5 Å². The van der Waals surface area contributed by atoms with E-state index < -0.39 is 6.10 Å². The molecular weight excluding hydrogens is 330 g/mol. The molecular formula is C21H27NO4. The van der Waals surface area contributed by atoms with E-state index in [-0.39, 0.29) is 18.6 Å². The lowest BCUT2D eigenvalue weighted by molar-refractivity contribution is 0.0637. The maximum absolute atomic E-state index is 10.8. The van der Waals surface area contributed by atoms with Crippen LogP contribution in [0, 0.1) is 6.92 Å². The Labute approximate surface area is 154 Å². The average molecular weight is 357 g/mol. The fraction of sp³-hybridized carbons (Fsp3) is 0.429. The first-order valence-corrected chi connectivity index (χ1v) is 8.88. The molecule has 2 N–H and O–H groups in total. The van der Waals surface area contributed by atoms with Gasteiger partial charge in [-0.05, 0) is 36.2 Å². The van der Waals surface area contributed by atoms with Crippen LogP contribution in [-0.4, -0.2) is 54.6 Å². The van der Waals surface area contributed by atoms with Crippen molar-refractivity contribution >= 4 is 0 Å². The normalized spacial score (nSPS) is 23.2. The summed E-state index contributed by atoms with van der Waals surface area (Å²) >= 11 is 0.